The van der Waals surface area contributed by atoms with Crippen LogP contribution in [-0.4, -0.2) is 16.6 Å². The zero-order valence-electron chi connectivity index (χ0n) is 7.86. The lowest BCUT2D eigenvalue weighted by atomic mass is 10.1. The maximum absolute atomic E-state index is 10.5. The molecule has 14 heavy (non-hydrogen) atoms. The minimum Gasteiger partial charge on any atom is -0.392 e. The highest BCUT2D eigenvalue weighted by Gasteiger charge is 2.09. The summed E-state index contributed by atoms with van der Waals surface area (Å²) in [5, 5.41) is 22.4. The second kappa shape index (κ2) is 4.57. The first-order chi connectivity index (χ1) is 6.69. The number of aliphatic hydroxyl groups is 1. The number of rotatable bonds is 4. The van der Waals surface area contributed by atoms with E-state index in [9.17, 15) is 10.1 Å². The van der Waals surface area contributed by atoms with Crippen molar-refractivity contribution in [2.75, 3.05) is 11.9 Å². The van der Waals surface area contributed by atoms with Gasteiger partial charge in [-0.3, -0.25) is 10.1 Å². The molecule has 5 heteroatoms. The van der Waals surface area contributed by atoms with E-state index in [-0.39, 0.29) is 12.3 Å². The molecule has 0 fully saturated rings. The molecule has 0 spiro atoms. The third-order valence-corrected chi connectivity index (χ3v) is 1.84. The lowest BCUT2D eigenvalue weighted by molar-refractivity contribution is -0.384. The molecule has 5 nitrogen and oxygen atoms in total. The van der Waals surface area contributed by atoms with Crippen LogP contribution in [0.15, 0.2) is 18.2 Å². The predicted octanol–water partition coefficient (Wildman–Crippen LogP) is 1.52. The molecule has 0 aromatic heterocycles. The molecule has 76 valence electrons. The molecule has 0 radical (unpaired) electrons. The lowest BCUT2D eigenvalue weighted by Gasteiger charge is -2.07. The summed E-state index contributed by atoms with van der Waals surface area (Å²) in [7, 11) is 0. The highest BCUT2D eigenvalue weighted by Crippen LogP contribution is 2.22. The molecule has 0 saturated carbocycles. The SMILES string of the molecule is CCNc1cc([N+](=O)[O-])ccc1CO. The van der Waals surface area contributed by atoms with Crippen LogP contribution in [-0.2, 0) is 6.61 Å². The monoisotopic (exact) mass is 196 g/mol. The van der Waals surface area contributed by atoms with Crippen molar-refractivity contribution in [2.45, 2.75) is 13.5 Å². The number of nitro groups is 1. The summed E-state index contributed by atoms with van der Waals surface area (Å²) in [4.78, 5) is 10.0. The molecule has 0 aliphatic heterocycles. The number of non-ortho nitro benzene ring substituents is 1. The van der Waals surface area contributed by atoms with Crippen LogP contribution in [0.25, 0.3) is 0 Å². The molecule has 1 aromatic rings. The Labute approximate surface area is 81.5 Å². The Hall–Kier alpha value is -1.62. The molecule has 0 aliphatic carbocycles. The Morgan fingerprint density at radius 1 is 1.57 bits per heavy atom. The third kappa shape index (κ3) is 2.20. The summed E-state index contributed by atoms with van der Waals surface area (Å²) in [5.41, 5.74) is 1.31. The van der Waals surface area contributed by atoms with Crippen molar-refractivity contribution in [3.63, 3.8) is 0 Å². The Morgan fingerprint density at radius 2 is 2.29 bits per heavy atom. The average molecular weight is 196 g/mol. The number of nitro benzene ring substituents is 1. The van der Waals surface area contributed by atoms with Crippen LogP contribution in [0.2, 0.25) is 0 Å². The van der Waals surface area contributed by atoms with Gasteiger partial charge in [-0.15, -0.1) is 0 Å². The van der Waals surface area contributed by atoms with Crippen molar-refractivity contribution >= 4 is 11.4 Å². The maximum Gasteiger partial charge on any atom is 0.271 e. The number of nitrogens with zero attached hydrogens (tertiary/aromatic N) is 1. The largest absolute Gasteiger partial charge is 0.392 e. The minimum absolute atomic E-state index is 0.0261. The van der Waals surface area contributed by atoms with Gasteiger partial charge in [-0.25, -0.2) is 0 Å². The van der Waals surface area contributed by atoms with Gasteiger partial charge in [0.05, 0.1) is 11.5 Å². The number of aliphatic hydroxyl groups excluding tert-OH is 1. The summed E-state index contributed by atoms with van der Waals surface area (Å²) >= 11 is 0. The molecule has 2 N–H and O–H groups in total. The Bertz CT molecular complexity index is 339. The van der Waals surface area contributed by atoms with Gasteiger partial charge in [-0.1, -0.05) is 0 Å². The molecule has 0 bridgehead atoms. The number of anilines is 1. The van der Waals surface area contributed by atoms with Crippen LogP contribution in [0, 0.1) is 10.1 Å². The zero-order valence-corrected chi connectivity index (χ0v) is 7.86. The summed E-state index contributed by atoms with van der Waals surface area (Å²) in [6.07, 6.45) is 0. The van der Waals surface area contributed by atoms with Crippen LogP contribution >= 0.6 is 0 Å². The Balaban J connectivity index is 3.07. The fourth-order valence-corrected chi connectivity index (χ4v) is 1.17. The highest BCUT2D eigenvalue weighted by molar-refractivity contribution is 5.57. The molecule has 1 rings (SSSR count). The number of nitrogens with one attached hydrogen (secondary N) is 1. The van der Waals surface area contributed by atoms with Crippen molar-refractivity contribution in [3.8, 4) is 0 Å². The van der Waals surface area contributed by atoms with Crippen molar-refractivity contribution in [3.05, 3.63) is 33.9 Å². The summed E-state index contributed by atoms with van der Waals surface area (Å²) in [6, 6.07) is 4.36. The topological polar surface area (TPSA) is 75.4 Å². The molecule has 1 aromatic carbocycles. The van der Waals surface area contributed by atoms with Crippen molar-refractivity contribution in [2.24, 2.45) is 0 Å². The van der Waals surface area contributed by atoms with Gasteiger partial charge in [0, 0.05) is 29.9 Å². The van der Waals surface area contributed by atoms with E-state index in [2.05, 4.69) is 5.32 Å². The molecule has 0 aliphatic rings. The first-order valence-corrected chi connectivity index (χ1v) is 4.31. The Kier molecular flexibility index (Phi) is 3.41. The summed E-state index contributed by atoms with van der Waals surface area (Å²) in [5.74, 6) is 0. The molecule has 0 atom stereocenters. The summed E-state index contributed by atoms with van der Waals surface area (Å²) < 4.78 is 0. The Morgan fingerprint density at radius 3 is 2.79 bits per heavy atom. The smallest absolute Gasteiger partial charge is 0.271 e. The normalized spacial score (nSPS) is 9.86. The van der Waals surface area contributed by atoms with Gasteiger partial charge in [0.15, 0.2) is 0 Å². The zero-order chi connectivity index (χ0) is 10.6. The highest BCUT2D eigenvalue weighted by atomic mass is 16.6. The lowest BCUT2D eigenvalue weighted by Crippen LogP contribution is -2.01. The van der Waals surface area contributed by atoms with Crippen LogP contribution in [0.5, 0.6) is 0 Å². The molecule has 0 saturated heterocycles. The van der Waals surface area contributed by atoms with E-state index in [0.717, 1.165) is 0 Å². The second-order valence-corrected chi connectivity index (χ2v) is 2.79. The van der Waals surface area contributed by atoms with Crippen LogP contribution in [0.3, 0.4) is 0 Å². The van der Waals surface area contributed by atoms with Crippen molar-refractivity contribution in [1.82, 2.24) is 0 Å². The van der Waals surface area contributed by atoms with Gasteiger partial charge in [-0.05, 0) is 13.0 Å². The third-order valence-electron chi connectivity index (χ3n) is 1.84. The summed E-state index contributed by atoms with van der Waals surface area (Å²) in [6.45, 7) is 2.43. The van der Waals surface area contributed by atoms with E-state index in [1.54, 1.807) is 6.07 Å². The molecular weight excluding hydrogens is 184 g/mol. The van der Waals surface area contributed by atoms with Gasteiger partial charge in [0.1, 0.15) is 0 Å². The predicted molar refractivity (Wildman–Crippen MR) is 53.2 cm³/mol. The van der Waals surface area contributed by atoms with Crippen LogP contribution < -0.4 is 5.32 Å². The van der Waals surface area contributed by atoms with E-state index in [4.69, 9.17) is 5.11 Å². The van der Waals surface area contributed by atoms with Gasteiger partial charge >= 0.3 is 0 Å². The molecule has 0 amide bonds. The fourth-order valence-electron chi connectivity index (χ4n) is 1.17. The molecular formula is C9H12N2O3. The quantitative estimate of drug-likeness (QED) is 0.565. The number of hydrogen-bond acceptors (Lipinski definition) is 4. The minimum atomic E-state index is -0.456. The first-order valence-electron chi connectivity index (χ1n) is 4.31. The van der Waals surface area contributed by atoms with E-state index in [1.807, 2.05) is 6.92 Å². The van der Waals surface area contributed by atoms with Crippen LogP contribution in [0.1, 0.15) is 12.5 Å². The van der Waals surface area contributed by atoms with Gasteiger partial charge in [0.25, 0.3) is 5.69 Å². The average Bonchev–Trinajstić information content (AvgIpc) is 2.18. The van der Waals surface area contributed by atoms with E-state index in [0.29, 0.717) is 17.8 Å². The van der Waals surface area contributed by atoms with Gasteiger partial charge in [0.2, 0.25) is 0 Å². The van der Waals surface area contributed by atoms with Crippen molar-refractivity contribution < 1.29 is 10.0 Å². The number of benzene rings is 1. The molecule has 0 unspecified atom stereocenters. The van der Waals surface area contributed by atoms with E-state index < -0.39 is 4.92 Å². The van der Waals surface area contributed by atoms with Crippen LogP contribution in [0.4, 0.5) is 11.4 Å². The van der Waals surface area contributed by atoms with E-state index >= 15 is 0 Å². The fraction of sp³-hybridized carbons (Fsp3) is 0.333. The van der Waals surface area contributed by atoms with E-state index in [1.165, 1.54) is 12.1 Å². The first kappa shape index (κ1) is 10.5. The van der Waals surface area contributed by atoms with Crippen molar-refractivity contribution in [1.29, 1.82) is 0 Å². The van der Waals surface area contributed by atoms with Gasteiger partial charge in [-0.2, -0.15) is 0 Å². The number of hydrogen-bond donors (Lipinski definition) is 2. The molecule has 0 heterocycles. The maximum atomic E-state index is 10.5. The van der Waals surface area contributed by atoms with Gasteiger partial charge < -0.3 is 10.4 Å². The second-order valence-electron chi connectivity index (χ2n) is 2.79. The standard InChI is InChI=1S/C9H12N2O3/c1-2-10-9-5-8(11(13)14)4-3-7(9)6-12/h3-5,10,12H,2,6H2,1H3.